The van der Waals surface area contributed by atoms with E-state index in [-0.39, 0.29) is 11.8 Å². The van der Waals surface area contributed by atoms with Gasteiger partial charge < -0.3 is 19.5 Å². The number of carbonyl (C=O) groups is 1. The number of morpholine rings is 1. The average Bonchev–Trinajstić information content (AvgIpc) is 3.53. The third-order valence-corrected chi connectivity index (χ3v) is 8.43. The van der Waals surface area contributed by atoms with Gasteiger partial charge in [0, 0.05) is 36.6 Å². The van der Waals surface area contributed by atoms with Gasteiger partial charge in [-0.15, -0.1) is 0 Å². The minimum Gasteiger partial charge on any atom is -0.497 e. The molecular formula is C32H32N4O4. The van der Waals surface area contributed by atoms with Crippen LogP contribution in [0.5, 0.6) is 11.5 Å². The van der Waals surface area contributed by atoms with Crippen molar-refractivity contribution in [2.24, 2.45) is 0 Å². The molecule has 0 bridgehead atoms. The Morgan fingerprint density at radius 1 is 1.05 bits per heavy atom. The highest BCUT2D eigenvalue weighted by atomic mass is 16.5. The molecule has 8 nitrogen and oxygen atoms in total. The Hall–Kier alpha value is -4.14. The number of rotatable bonds is 8. The first-order valence-corrected chi connectivity index (χ1v) is 13.8. The van der Waals surface area contributed by atoms with Crippen LogP contribution in [-0.2, 0) is 14.9 Å². The lowest BCUT2D eigenvalue weighted by atomic mass is 9.91. The van der Waals surface area contributed by atoms with Crippen molar-refractivity contribution in [1.82, 2.24) is 15.1 Å². The maximum atomic E-state index is 13.0. The van der Waals surface area contributed by atoms with Gasteiger partial charge in [-0.25, -0.2) is 0 Å². The second kappa shape index (κ2) is 10.1. The van der Waals surface area contributed by atoms with Crippen LogP contribution in [0.1, 0.15) is 34.7 Å². The molecule has 1 aromatic heterocycles. The summed E-state index contributed by atoms with van der Waals surface area (Å²) in [6, 6.07) is 20.3. The Balaban J connectivity index is 1.02. The van der Waals surface area contributed by atoms with E-state index < -0.39 is 5.41 Å². The first kappa shape index (κ1) is 24.9. The molecule has 2 N–H and O–H groups in total. The van der Waals surface area contributed by atoms with Crippen LogP contribution in [0, 0.1) is 0 Å². The molecule has 3 aliphatic rings. The van der Waals surface area contributed by atoms with Crippen LogP contribution >= 0.6 is 0 Å². The zero-order valence-corrected chi connectivity index (χ0v) is 22.5. The Morgan fingerprint density at radius 3 is 2.70 bits per heavy atom. The number of aromatic amines is 1. The van der Waals surface area contributed by atoms with Gasteiger partial charge in [-0.2, -0.15) is 5.10 Å². The number of H-pyrrole nitrogens is 1. The Labute approximate surface area is 232 Å². The summed E-state index contributed by atoms with van der Waals surface area (Å²) in [7, 11) is 1.65. The normalized spacial score (nSPS) is 22.1. The van der Waals surface area contributed by atoms with Crippen LogP contribution in [0.25, 0.3) is 23.1 Å². The molecule has 3 heterocycles. The SMILES string of the molecule is COc1ccc2c(c1)[C@]1(C[C@H]1c1ccc3c(/C=C/c4ccc(OCCN5CCOCC5)cc4)n[nH]c3c1)C(=O)N2. The van der Waals surface area contributed by atoms with E-state index in [1.165, 1.54) is 0 Å². The molecule has 1 saturated heterocycles. The van der Waals surface area contributed by atoms with Crippen molar-refractivity contribution in [3.05, 3.63) is 83.0 Å². The van der Waals surface area contributed by atoms with Gasteiger partial charge in [0.05, 0.1) is 36.9 Å². The predicted octanol–water partition coefficient (Wildman–Crippen LogP) is 4.83. The number of anilines is 1. The smallest absolute Gasteiger partial charge is 0.235 e. The topological polar surface area (TPSA) is 88.7 Å². The van der Waals surface area contributed by atoms with Crippen LogP contribution in [0.2, 0.25) is 0 Å². The number of methoxy groups -OCH3 is 1. The molecule has 3 aromatic carbocycles. The lowest BCUT2D eigenvalue weighted by Gasteiger charge is -2.26. The Bertz CT molecular complexity index is 1590. The second-order valence-corrected chi connectivity index (χ2v) is 10.7. The monoisotopic (exact) mass is 536 g/mol. The number of hydrogen-bond donors (Lipinski definition) is 2. The molecule has 1 spiro atoms. The largest absolute Gasteiger partial charge is 0.497 e. The molecule has 7 rings (SSSR count). The van der Waals surface area contributed by atoms with Gasteiger partial charge in [0.2, 0.25) is 5.91 Å². The molecule has 8 heteroatoms. The van der Waals surface area contributed by atoms with Crippen molar-refractivity contribution in [2.45, 2.75) is 17.8 Å². The van der Waals surface area contributed by atoms with E-state index in [1.807, 2.05) is 36.4 Å². The fourth-order valence-electron chi connectivity index (χ4n) is 6.07. The van der Waals surface area contributed by atoms with Gasteiger partial charge in [0.25, 0.3) is 0 Å². The molecule has 1 saturated carbocycles. The molecule has 1 amide bonds. The van der Waals surface area contributed by atoms with E-state index in [1.54, 1.807) is 7.11 Å². The number of hydrogen-bond acceptors (Lipinski definition) is 6. The number of nitrogens with zero attached hydrogens (tertiary/aromatic N) is 2. The van der Waals surface area contributed by atoms with E-state index in [0.717, 1.165) is 89.7 Å². The Morgan fingerprint density at radius 2 is 1.88 bits per heavy atom. The standard InChI is InChI=1S/C32H32N4O4/c1-38-24-8-11-29-26(19-24)32(31(37)33-29)20-27(32)22-5-9-25-28(34-35-30(25)18-22)10-4-21-2-6-23(7-3-21)40-17-14-36-12-15-39-16-13-36/h2-11,18-19,27H,12-17,20H2,1H3,(H,33,37)(H,34,35)/b10-4+/t27-,32-/m0/s1. The average molecular weight is 537 g/mol. The molecule has 2 fully saturated rings. The van der Waals surface area contributed by atoms with E-state index in [0.29, 0.717) is 6.61 Å². The molecule has 1 aliphatic carbocycles. The summed E-state index contributed by atoms with van der Waals surface area (Å²) >= 11 is 0. The van der Waals surface area contributed by atoms with Gasteiger partial charge in [0.1, 0.15) is 18.1 Å². The summed E-state index contributed by atoms with van der Waals surface area (Å²) < 4.78 is 16.7. The summed E-state index contributed by atoms with van der Waals surface area (Å²) in [6.07, 6.45) is 4.88. The van der Waals surface area contributed by atoms with Crippen LogP contribution < -0.4 is 14.8 Å². The van der Waals surface area contributed by atoms with E-state index >= 15 is 0 Å². The predicted molar refractivity (Wildman–Crippen MR) is 155 cm³/mol. The van der Waals surface area contributed by atoms with Crippen LogP contribution in [-0.4, -0.2) is 67.6 Å². The number of aromatic nitrogens is 2. The van der Waals surface area contributed by atoms with Gasteiger partial charge >= 0.3 is 0 Å². The molecule has 2 aliphatic heterocycles. The van der Waals surface area contributed by atoms with Crippen molar-refractivity contribution in [3.8, 4) is 11.5 Å². The van der Waals surface area contributed by atoms with E-state index in [9.17, 15) is 4.79 Å². The van der Waals surface area contributed by atoms with Gasteiger partial charge in [-0.1, -0.05) is 30.3 Å². The number of nitrogens with one attached hydrogen (secondary N) is 2. The highest BCUT2D eigenvalue weighted by Gasteiger charge is 2.65. The lowest BCUT2D eigenvalue weighted by Crippen LogP contribution is -2.38. The van der Waals surface area contributed by atoms with E-state index in [4.69, 9.17) is 14.2 Å². The van der Waals surface area contributed by atoms with Crippen molar-refractivity contribution >= 4 is 34.6 Å². The summed E-state index contributed by atoms with van der Waals surface area (Å²) in [4.78, 5) is 15.4. The number of ether oxygens (including phenoxy) is 3. The second-order valence-electron chi connectivity index (χ2n) is 10.7. The fourth-order valence-corrected chi connectivity index (χ4v) is 6.07. The quantitative estimate of drug-likeness (QED) is 0.335. The maximum absolute atomic E-state index is 13.0. The molecule has 204 valence electrons. The van der Waals surface area contributed by atoms with Gasteiger partial charge in [0.15, 0.2) is 0 Å². The third kappa shape index (κ3) is 4.43. The molecule has 2 atom stereocenters. The number of fused-ring (bicyclic) bond motifs is 3. The zero-order valence-electron chi connectivity index (χ0n) is 22.5. The minimum atomic E-state index is -0.515. The molecular weight excluding hydrogens is 504 g/mol. The van der Waals surface area contributed by atoms with Crippen molar-refractivity contribution < 1.29 is 19.0 Å². The highest BCUT2D eigenvalue weighted by molar-refractivity contribution is 6.10. The first-order chi connectivity index (χ1) is 19.6. The first-order valence-electron chi connectivity index (χ1n) is 13.8. The van der Waals surface area contributed by atoms with Crippen molar-refractivity contribution in [2.75, 3.05) is 51.9 Å². The maximum Gasteiger partial charge on any atom is 0.235 e. The summed E-state index contributed by atoms with van der Waals surface area (Å²) in [5, 5.41) is 11.8. The van der Waals surface area contributed by atoms with Gasteiger partial charge in [-0.3, -0.25) is 14.8 Å². The molecule has 4 aromatic rings. The van der Waals surface area contributed by atoms with Crippen LogP contribution in [0.15, 0.2) is 60.7 Å². The van der Waals surface area contributed by atoms with Crippen molar-refractivity contribution in [1.29, 1.82) is 0 Å². The Kier molecular flexibility index (Phi) is 6.29. The molecule has 0 unspecified atom stereocenters. The van der Waals surface area contributed by atoms with Gasteiger partial charge in [-0.05, 0) is 65.6 Å². The summed E-state index contributed by atoms with van der Waals surface area (Å²) in [5.41, 5.74) is 5.47. The highest BCUT2D eigenvalue weighted by Crippen LogP contribution is 2.65. The van der Waals surface area contributed by atoms with Crippen LogP contribution in [0.3, 0.4) is 0 Å². The van der Waals surface area contributed by atoms with E-state index in [2.05, 4.69) is 56.8 Å². The summed E-state index contributed by atoms with van der Waals surface area (Å²) in [5.74, 6) is 1.84. The zero-order chi connectivity index (χ0) is 27.1. The van der Waals surface area contributed by atoms with Crippen molar-refractivity contribution in [3.63, 3.8) is 0 Å². The lowest BCUT2D eigenvalue weighted by molar-refractivity contribution is -0.118. The molecule has 40 heavy (non-hydrogen) atoms. The number of amides is 1. The molecule has 0 radical (unpaired) electrons. The third-order valence-electron chi connectivity index (χ3n) is 8.43. The minimum absolute atomic E-state index is 0.0719. The summed E-state index contributed by atoms with van der Waals surface area (Å²) in [6.45, 7) is 5.13. The number of benzene rings is 3. The number of carbonyl (C=O) groups excluding carboxylic acids is 1. The fraction of sp³-hybridized carbons (Fsp3) is 0.312. The van der Waals surface area contributed by atoms with Crippen LogP contribution in [0.4, 0.5) is 5.69 Å².